The van der Waals surface area contributed by atoms with Crippen molar-refractivity contribution in [1.29, 1.82) is 0 Å². The molecule has 0 radical (unpaired) electrons. The minimum Gasteiger partial charge on any atom is -0.508 e. The van der Waals surface area contributed by atoms with Crippen LogP contribution in [0.2, 0.25) is 0 Å². The lowest BCUT2D eigenvalue weighted by Gasteiger charge is -2.12. The van der Waals surface area contributed by atoms with Crippen molar-refractivity contribution >= 4 is 5.91 Å². The molecular weight excluding hydrogens is 362 g/mol. The number of phenolic OH excluding ortho intramolecular Hbond substituents is 1. The number of benzene rings is 2. The SMILES string of the molecule is COc1ccccc1-n1nc(C(=O)NCCc2ccc(O)cc2)c(O)cc1=O. The van der Waals surface area contributed by atoms with Crippen LogP contribution < -0.4 is 15.6 Å². The molecule has 0 aliphatic carbocycles. The molecule has 28 heavy (non-hydrogen) atoms. The monoisotopic (exact) mass is 381 g/mol. The molecule has 0 aliphatic rings. The molecule has 0 unspecified atom stereocenters. The maximum atomic E-state index is 12.4. The highest BCUT2D eigenvalue weighted by molar-refractivity contribution is 5.94. The number of phenols is 1. The van der Waals surface area contributed by atoms with Crippen LogP contribution in [0.25, 0.3) is 5.69 Å². The molecule has 0 spiro atoms. The number of methoxy groups -OCH3 is 1. The fourth-order valence-electron chi connectivity index (χ4n) is 2.65. The number of rotatable bonds is 6. The Bertz CT molecular complexity index is 1040. The lowest BCUT2D eigenvalue weighted by Crippen LogP contribution is -2.30. The van der Waals surface area contributed by atoms with Crippen molar-refractivity contribution in [1.82, 2.24) is 15.1 Å². The van der Waals surface area contributed by atoms with Gasteiger partial charge >= 0.3 is 0 Å². The Kier molecular flexibility index (Phi) is 5.59. The second kappa shape index (κ2) is 8.26. The molecule has 2 aromatic carbocycles. The fourth-order valence-corrected chi connectivity index (χ4v) is 2.65. The maximum absolute atomic E-state index is 12.4. The van der Waals surface area contributed by atoms with Crippen molar-refractivity contribution in [3.63, 3.8) is 0 Å². The number of para-hydroxylation sites is 2. The van der Waals surface area contributed by atoms with Gasteiger partial charge in [-0.05, 0) is 36.2 Å². The third kappa shape index (κ3) is 4.12. The summed E-state index contributed by atoms with van der Waals surface area (Å²) in [6.07, 6.45) is 0.527. The topological polar surface area (TPSA) is 114 Å². The molecule has 1 aromatic heterocycles. The number of nitrogens with zero attached hydrogens (tertiary/aromatic N) is 2. The van der Waals surface area contributed by atoms with E-state index in [9.17, 15) is 19.8 Å². The minimum absolute atomic E-state index is 0.167. The minimum atomic E-state index is -0.611. The van der Waals surface area contributed by atoms with Gasteiger partial charge in [0.2, 0.25) is 0 Å². The number of carbonyl (C=O) groups excluding carboxylic acids is 1. The number of amides is 1. The van der Waals surface area contributed by atoms with E-state index < -0.39 is 17.2 Å². The van der Waals surface area contributed by atoms with Gasteiger partial charge in [0.1, 0.15) is 17.2 Å². The van der Waals surface area contributed by atoms with Crippen LogP contribution in [-0.2, 0) is 6.42 Å². The van der Waals surface area contributed by atoms with Crippen LogP contribution in [0.15, 0.2) is 59.4 Å². The molecule has 0 aliphatic heterocycles. The number of ether oxygens (including phenoxy) is 1. The van der Waals surface area contributed by atoms with Crippen LogP contribution in [0.5, 0.6) is 17.2 Å². The predicted octanol–water partition coefficient (Wildman–Crippen LogP) is 1.62. The number of aromatic nitrogens is 2. The first-order valence-electron chi connectivity index (χ1n) is 8.52. The van der Waals surface area contributed by atoms with Gasteiger partial charge in [0.15, 0.2) is 11.4 Å². The predicted molar refractivity (Wildman–Crippen MR) is 102 cm³/mol. The smallest absolute Gasteiger partial charge is 0.275 e. The molecule has 0 bridgehead atoms. The van der Waals surface area contributed by atoms with E-state index in [0.29, 0.717) is 24.4 Å². The highest BCUT2D eigenvalue weighted by Crippen LogP contribution is 2.21. The van der Waals surface area contributed by atoms with Gasteiger partial charge in [-0.3, -0.25) is 9.59 Å². The van der Waals surface area contributed by atoms with E-state index in [4.69, 9.17) is 4.74 Å². The van der Waals surface area contributed by atoms with Gasteiger partial charge in [0.05, 0.1) is 7.11 Å². The Morgan fingerprint density at radius 2 is 1.86 bits per heavy atom. The first-order valence-corrected chi connectivity index (χ1v) is 8.52. The van der Waals surface area contributed by atoms with Crippen molar-refractivity contribution in [3.8, 4) is 22.9 Å². The summed E-state index contributed by atoms with van der Waals surface area (Å²) in [6.45, 7) is 0.290. The summed E-state index contributed by atoms with van der Waals surface area (Å²) in [7, 11) is 1.46. The number of carbonyl (C=O) groups is 1. The summed E-state index contributed by atoms with van der Waals surface area (Å²) in [5.41, 5.74) is 0.418. The van der Waals surface area contributed by atoms with E-state index in [0.717, 1.165) is 16.3 Å². The van der Waals surface area contributed by atoms with Crippen LogP contribution in [0.1, 0.15) is 16.1 Å². The zero-order valence-electron chi connectivity index (χ0n) is 15.1. The van der Waals surface area contributed by atoms with Crippen LogP contribution in [0, 0.1) is 0 Å². The van der Waals surface area contributed by atoms with E-state index in [1.54, 1.807) is 48.5 Å². The largest absolute Gasteiger partial charge is 0.508 e. The molecule has 1 heterocycles. The van der Waals surface area contributed by atoms with Gasteiger partial charge in [0.25, 0.3) is 11.5 Å². The summed E-state index contributed by atoms with van der Waals surface area (Å²) in [4.78, 5) is 24.7. The van der Waals surface area contributed by atoms with Crippen LogP contribution in [0.4, 0.5) is 0 Å². The molecule has 1 amide bonds. The average Bonchev–Trinajstić information content (AvgIpc) is 2.69. The highest BCUT2D eigenvalue weighted by atomic mass is 16.5. The zero-order chi connectivity index (χ0) is 20.1. The maximum Gasteiger partial charge on any atom is 0.275 e. The molecule has 3 rings (SSSR count). The van der Waals surface area contributed by atoms with Crippen LogP contribution in [-0.4, -0.2) is 39.6 Å². The third-order valence-electron chi connectivity index (χ3n) is 4.08. The normalized spacial score (nSPS) is 10.5. The number of hydrogen-bond acceptors (Lipinski definition) is 6. The molecule has 3 aromatic rings. The molecular formula is C20H19N3O5. The molecule has 0 fully saturated rings. The Morgan fingerprint density at radius 1 is 1.14 bits per heavy atom. The zero-order valence-corrected chi connectivity index (χ0v) is 15.1. The Balaban J connectivity index is 1.80. The van der Waals surface area contributed by atoms with Crippen molar-refractivity contribution in [2.24, 2.45) is 0 Å². The quantitative estimate of drug-likeness (QED) is 0.598. The summed E-state index contributed by atoms with van der Waals surface area (Å²) in [5.74, 6) is -0.541. The van der Waals surface area contributed by atoms with Gasteiger partial charge in [-0.15, -0.1) is 0 Å². The third-order valence-corrected chi connectivity index (χ3v) is 4.08. The van der Waals surface area contributed by atoms with Gasteiger partial charge < -0.3 is 20.3 Å². The standard InChI is InChI=1S/C20H19N3O5/c1-28-17-5-3-2-4-15(17)23-18(26)12-16(25)19(22-23)20(27)21-11-10-13-6-8-14(24)9-7-13/h2-9,12,24-25H,10-11H2,1H3,(H,21,27). The van der Waals surface area contributed by atoms with E-state index >= 15 is 0 Å². The van der Waals surface area contributed by atoms with Gasteiger partial charge in [-0.2, -0.15) is 9.78 Å². The van der Waals surface area contributed by atoms with Crippen molar-refractivity contribution in [3.05, 3.63) is 76.2 Å². The summed E-state index contributed by atoms with van der Waals surface area (Å²) < 4.78 is 6.23. The van der Waals surface area contributed by atoms with E-state index in [2.05, 4.69) is 10.4 Å². The first kappa shape index (κ1) is 19.0. The average molecular weight is 381 g/mol. The van der Waals surface area contributed by atoms with Gasteiger partial charge in [-0.25, -0.2) is 0 Å². The number of nitrogens with one attached hydrogen (secondary N) is 1. The lowest BCUT2D eigenvalue weighted by atomic mass is 10.1. The van der Waals surface area contributed by atoms with Crippen molar-refractivity contribution in [2.75, 3.05) is 13.7 Å². The molecule has 3 N–H and O–H groups in total. The lowest BCUT2D eigenvalue weighted by molar-refractivity contribution is 0.0944. The Labute approximate surface area is 160 Å². The fraction of sp³-hybridized carbons (Fsp3) is 0.150. The Hall–Kier alpha value is -3.81. The van der Waals surface area contributed by atoms with Crippen molar-refractivity contribution in [2.45, 2.75) is 6.42 Å². The molecule has 0 atom stereocenters. The van der Waals surface area contributed by atoms with E-state index in [1.165, 1.54) is 7.11 Å². The first-order chi connectivity index (χ1) is 13.5. The van der Waals surface area contributed by atoms with Gasteiger partial charge in [0, 0.05) is 12.6 Å². The molecule has 8 heteroatoms. The highest BCUT2D eigenvalue weighted by Gasteiger charge is 2.18. The van der Waals surface area contributed by atoms with Crippen LogP contribution >= 0.6 is 0 Å². The number of hydrogen-bond donors (Lipinski definition) is 3. The summed E-state index contributed by atoms with van der Waals surface area (Å²) >= 11 is 0. The molecule has 0 saturated heterocycles. The van der Waals surface area contributed by atoms with Gasteiger partial charge in [-0.1, -0.05) is 24.3 Å². The molecule has 0 saturated carbocycles. The second-order valence-electron chi connectivity index (χ2n) is 5.97. The van der Waals surface area contributed by atoms with Crippen molar-refractivity contribution < 1.29 is 19.7 Å². The van der Waals surface area contributed by atoms with E-state index in [-0.39, 0.29) is 11.4 Å². The molecule has 144 valence electrons. The van der Waals surface area contributed by atoms with Crippen LogP contribution in [0.3, 0.4) is 0 Å². The molecule has 8 nitrogen and oxygen atoms in total. The summed E-state index contributed by atoms with van der Waals surface area (Å²) in [6, 6.07) is 14.3. The number of aromatic hydroxyl groups is 2. The second-order valence-corrected chi connectivity index (χ2v) is 5.97. The van der Waals surface area contributed by atoms with E-state index in [1.807, 2.05) is 0 Å². The summed E-state index contributed by atoms with van der Waals surface area (Å²) in [5, 5.41) is 26.0. The Morgan fingerprint density at radius 3 is 2.57 bits per heavy atom.